The number of ether oxygens (including phenoxy) is 1. The van der Waals surface area contributed by atoms with E-state index in [1.807, 2.05) is 42.3 Å². The maximum absolute atomic E-state index is 14.3. The van der Waals surface area contributed by atoms with Gasteiger partial charge in [0, 0.05) is 43.0 Å². The lowest BCUT2D eigenvalue weighted by molar-refractivity contribution is 0.0581. The molecule has 0 bridgehead atoms. The van der Waals surface area contributed by atoms with Crippen LogP contribution in [0, 0.1) is 5.82 Å². The number of nitrogens with zero attached hydrogens (tertiary/aromatic N) is 4. The number of rotatable bonds is 3. The Hall–Kier alpha value is -2.67. The molecule has 1 aromatic carbocycles. The number of carbonyl (C=O) groups excluding carboxylic acids is 1. The Morgan fingerprint density at radius 3 is 2.62 bits per heavy atom. The largest absolute Gasteiger partial charge is 0.450 e. The third-order valence-corrected chi connectivity index (χ3v) is 7.47. The quantitative estimate of drug-likeness (QED) is 0.714. The van der Waals surface area contributed by atoms with Crippen LogP contribution < -0.4 is 4.90 Å². The van der Waals surface area contributed by atoms with E-state index in [1.165, 1.54) is 0 Å². The Balaban J connectivity index is 1.28. The number of fused-ring (bicyclic) bond motifs is 2. The molecule has 0 radical (unpaired) electrons. The van der Waals surface area contributed by atoms with Crippen LogP contribution in [0.3, 0.4) is 0 Å². The topological polar surface area (TPSA) is 48.9 Å². The first-order chi connectivity index (χ1) is 15.6. The molecular formula is C25H31FN4O2. The number of carbonyl (C=O) groups is 1. The standard InChI is InChI=1S/C25H31FN4O2/c1-2-32-24(31)29-13-8-20(9-14-29)28-15-10-25(11-16-28)18-30(23-5-3-4-12-27-23)22-7-6-19(26)17-21(22)25/h3-7,12,17,20H,2,8-11,13-16,18H2,1H3. The SMILES string of the molecule is CCOC(=O)N1CCC(N2CCC3(CC2)CN(c2ccccn2)c2ccc(F)cc23)CC1. The summed E-state index contributed by atoms with van der Waals surface area (Å²) < 4.78 is 19.4. The minimum Gasteiger partial charge on any atom is -0.450 e. The van der Waals surface area contributed by atoms with Gasteiger partial charge in [0.1, 0.15) is 11.6 Å². The van der Waals surface area contributed by atoms with Crippen molar-refractivity contribution >= 4 is 17.6 Å². The summed E-state index contributed by atoms with van der Waals surface area (Å²) in [6, 6.07) is 11.7. The molecule has 3 aliphatic heterocycles. The van der Waals surface area contributed by atoms with Crippen LogP contribution in [0.5, 0.6) is 0 Å². The third-order valence-electron chi connectivity index (χ3n) is 7.47. The summed E-state index contributed by atoms with van der Waals surface area (Å²) in [6.45, 7) is 6.62. The molecule has 3 aliphatic rings. The lowest BCUT2D eigenvalue weighted by Gasteiger charge is -2.45. The van der Waals surface area contributed by atoms with Crippen molar-refractivity contribution in [2.24, 2.45) is 0 Å². The van der Waals surface area contributed by atoms with Gasteiger partial charge in [0.15, 0.2) is 0 Å². The monoisotopic (exact) mass is 438 g/mol. The first kappa shape index (κ1) is 21.2. The highest BCUT2D eigenvalue weighted by Gasteiger charge is 2.46. The fourth-order valence-corrected chi connectivity index (χ4v) is 5.73. The van der Waals surface area contributed by atoms with Gasteiger partial charge in [0.25, 0.3) is 0 Å². The normalized spacial score (nSPS) is 21.1. The van der Waals surface area contributed by atoms with E-state index in [2.05, 4.69) is 14.8 Å². The van der Waals surface area contributed by atoms with Crippen molar-refractivity contribution in [3.8, 4) is 0 Å². The summed E-state index contributed by atoms with van der Waals surface area (Å²) in [7, 11) is 0. The fraction of sp³-hybridized carbons (Fsp3) is 0.520. The van der Waals surface area contributed by atoms with Crippen molar-refractivity contribution in [2.45, 2.75) is 44.1 Å². The van der Waals surface area contributed by atoms with Gasteiger partial charge in [-0.15, -0.1) is 0 Å². The molecule has 6 nitrogen and oxygen atoms in total. The molecule has 0 unspecified atom stereocenters. The van der Waals surface area contributed by atoms with Crippen LogP contribution in [0.15, 0.2) is 42.6 Å². The van der Waals surface area contributed by atoms with E-state index in [4.69, 9.17) is 4.74 Å². The zero-order valence-corrected chi connectivity index (χ0v) is 18.7. The maximum Gasteiger partial charge on any atom is 0.409 e. The minimum absolute atomic E-state index is 0.0446. The van der Waals surface area contributed by atoms with E-state index < -0.39 is 0 Å². The van der Waals surface area contributed by atoms with E-state index >= 15 is 0 Å². The Kier molecular flexibility index (Phi) is 5.76. The van der Waals surface area contributed by atoms with Crippen LogP contribution >= 0.6 is 0 Å². The lowest BCUT2D eigenvalue weighted by Crippen LogP contribution is -2.52. The number of anilines is 2. The molecule has 2 aromatic rings. The average Bonchev–Trinajstić information content (AvgIpc) is 3.13. The van der Waals surface area contributed by atoms with E-state index in [0.717, 1.165) is 75.5 Å². The second kappa shape index (κ2) is 8.70. The first-order valence-corrected chi connectivity index (χ1v) is 11.7. The number of hydrogen-bond acceptors (Lipinski definition) is 5. The van der Waals surface area contributed by atoms with Crippen LogP contribution in [0.25, 0.3) is 0 Å². The number of likely N-dealkylation sites (tertiary alicyclic amines) is 2. The van der Waals surface area contributed by atoms with E-state index in [1.54, 1.807) is 12.1 Å². The van der Waals surface area contributed by atoms with Gasteiger partial charge < -0.3 is 19.4 Å². The van der Waals surface area contributed by atoms with Crippen molar-refractivity contribution in [2.75, 3.05) is 44.2 Å². The second-order valence-electron chi connectivity index (χ2n) is 9.17. The number of hydrogen-bond donors (Lipinski definition) is 0. The second-order valence-corrected chi connectivity index (χ2v) is 9.17. The van der Waals surface area contributed by atoms with Crippen LogP contribution in [0.2, 0.25) is 0 Å². The van der Waals surface area contributed by atoms with Crippen LogP contribution in [-0.2, 0) is 10.2 Å². The molecule has 1 aromatic heterocycles. The van der Waals surface area contributed by atoms with Crippen molar-refractivity contribution in [1.82, 2.24) is 14.8 Å². The van der Waals surface area contributed by atoms with E-state index in [9.17, 15) is 9.18 Å². The molecule has 32 heavy (non-hydrogen) atoms. The fourth-order valence-electron chi connectivity index (χ4n) is 5.73. The van der Waals surface area contributed by atoms with Crippen molar-refractivity contribution in [1.29, 1.82) is 0 Å². The molecule has 1 spiro atoms. The van der Waals surface area contributed by atoms with Crippen molar-refractivity contribution < 1.29 is 13.9 Å². The first-order valence-electron chi connectivity index (χ1n) is 11.7. The van der Waals surface area contributed by atoms with Crippen LogP contribution in [0.4, 0.5) is 20.7 Å². The number of halogens is 1. The lowest BCUT2D eigenvalue weighted by atomic mass is 9.74. The van der Waals surface area contributed by atoms with Gasteiger partial charge in [-0.3, -0.25) is 0 Å². The van der Waals surface area contributed by atoms with Gasteiger partial charge in [-0.2, -0.15) is 0 Å². The van der Waals surface area contributed by atoms with Gasteiger partial charge in [0.2, 0.25) is 0 Å². The predicted molar refractivity (Wildman–Crippen MR) is 122 cm³/mol. The molecular weight excluding hydrogens is 407 g/mol. The molecule has 0 atom stereocenters. The van der Waals surface area contributed by atoms with Crippen LogP contribution in [0.1, 0.15) is 38.2 Å². The summed E-state index contributed by atoms with van der Waals surface area (Å²) in [4.78, 5) is 23.2. The highest BCUT2D eigenvalue weighted by atomic mass is 19.1. The van der Waals surface area contributed by atoms with Gasteiger partial charge >= 0.3 is 6.09 Å². The van der Waals surface area contributed by atoms with Gasteiger partial charge in [-0.1, -0.05) is 6.07 Å². The molecule has 170 valence electrons. The smallest absolute Gasteiger partial charge is 0.409 e. The number of pyridine rings is 1. The molecule has 0 saturated carbocycles. The Morgan fingerprint density at radius 2 is 1.94 bits per heavy atom. The number of amides is 1. The van der Waals surface area contributed by atoms with E-state index in [0.29, 0.717) is 12.6 Å². The Bertz CT molecular complexity index is 954. The summed E-state index contributed by atoms with van der Waals surface area (Å²) >= 11 is 0. The average molecular weight is 439 g/mol. The van der Waals surface area contributed by atoms with Gasteiger partial charge in [-0.05, 0) is 81.6 Å². The van der Waals surface area contributed by atoms with Crippen molar-refractivity contribution in [3.05, 3.63) is 54.0 Å². The third kappa shape index (κ3) is 3.83. The van der Waals surface area contributed by atoms with E-state index in [-0.39, 0.29) is 17.3 Å². The molecule has 2 fully saturated rings. The number of aromatic nitrogens is 1. The minimum atomic E-state index is -0.192. The predicted octanol–water partition coefficient (Wildman–Crippen LogP) is 4.33. The molecule has 1 amide bonds. The van der Waals surface area contributed by atoms with Gasteiger partial charge in [0.05, 0.1) is 6.61 Å². The molecule has 0 aliphatic carbocycles. The molecule has 0 N–H and O–H groups in total. The molecule has 5 rings (SSSR count). The number of piperidine rings is 2. The molecule has 2 saturated heterocycles. The number of benzene rings is 1. The molecule has 7 heteroatoms. The Labute approximate surface area is 189 Å². The molecule has 4 heterocycles. The summed E-state index contributed by atoms with van der Waals surface area (Å²) in [5.41, 5.74) is 2.16. The zero-order chi connectivity index (χ0) is 22.1. The van der Waals surface area contributed by atoms with Crippen molar-refractivity contribution in [3.63, 3.8) is 0 Å². The van der Waals surface area contributed by atoms with Gasteiger partial charge in [-0.25, -0.2) is 14.2 Å². The summed E-state index contributed by atoms with van der Waals surface area (Å²) in [5, 5.41) is 0. The highest BCUT2D eigenvalue weighted by Crippen LogP contribution is 2.49. The highest BCUT2D eigenvalue weighted by molar-refractivity contribution is 5.71. The summed E-state index contributed by atoms with van der Waals surface area (Å²) in [5.74, 6) is 0.755. The zero-order valence-electron chi connectivity index (χ0n) is 18.7. The van der Waals surface area contributed by atoms with Crippen LogP contribution in [-0.4, -0.2) is 66.2 Å². The Morgan fingerprint density at radius 1 is 1.16 bits per heavy atom. The maximum atomic E-state index is 14.3. The summed E-state index contributed by atoms with van der Waals surface area (Å²) in [6.07, 6.45) is 5.60.